The number of halogens is 1. The number of ether oxygens (including phenoxy) is 1. The standard InChI is InChI=1S/C9H11ClN2OS/c10-8-7(14)1-2-11-9(8)12-3-5-13-6-4-12/h1-2H,3-6H2,(H,11,14). The molecule has 0 unspecified atom stereocenters. The van der Waals surface area contributed by atoms with E-state index in [0.29, 0.717) is 9.53 Å². The molecule has 3 nitrogen and oxygen atoms in total. The Morgan fingerprint density at radius 3 is 2.86 bits per heavy atom. The van der Waals surface area contributed by atoms with E-state index >= 15 is 0 Å². The molecule has 0 saturated carbocycles. The average molecular weight is 231 g/mol. The molecule has 2 rings (SSSR count). The highest BCUT2D eigenvalue weighted by Gasteiger charge is 2.14. The van der Waals surface area contributed by atoms with Crippen LogP contribution < -0.4 is 4.90 Å². The molecule has 14 heavy (non-hydrogen) atoms. The second-order valence-electron chi connectivity index (χ2n) is 3.10. The van der Waals surface area contributed by atoms with Gasteiger partial charge in [0.25, 0.3) is 0 Å². The Morgan fingerprint density at radius 1 is 1.43 bits per heavy atom. The van der Waals surface area contributed by atoms with Gasteiger partial charge in [-0.05, 0) is 6.07 Å². The second-order valence-corrected chi connectivity index (χ2v) is 3.92. The van der Waals surface area contributed by atoms with Crippen molar-refractivity contribution >= 4 is 29.6 Å². The summed E-state index contributed by atoms with van der Waals surface area (Å²) in [6, 6.07) is 1.79. The molecule has 1 fully saturated rings. The lowest BCUT2D eigenvalue weighted by Gasteiger charge is -2.28. The third-order valence-corrected chi connectivity index (χ3v) is 3.04. The molecule has 1 aliphatic rings. The zero-order chi connectivity index (χ0) is 9.97. The zero-order valence-electron chi connectivity index (χ0n) is 7.62. The molecule has 2 heterocycles. The molecule has 1 aromatic rings. The van der Waals surface area contributed by atoms with E-state index in [1.807, 2.05) is 6.20 Å². The fraction of sp³-hybridized carbons (Fsp3) is 0.444. The number of hydrogen-bond donors (Lipinski definition) is 1. The predicted octanol–water partition coefficient (Wildman–Crippen LogP) is 2.23. The quantitative estimate of drug-likeness (QED) is 0.750. The molecule has 1 saturated heterocycles. The molecule has 76 valence electrons. The number of morpholine rings is 1. The normalized spacial score (nSPS) is 17.1. The number of rotatable bonds is 1. The van der Waals surface area contributed by atoms with Crippen molar-refractivity contribution in [1.82, 2.24) is 4.98 Å². The van der Waals surface area contributed by atoms with E-state index in [1.165, 1.54) is 0 Å². The number of pyridine rings is 1. The summed E-state index contributed by atoms with van der Waals surface area (Å²) in [5.41, 5.74) is 0. The van der Waals surface area contributed by atoms with Crippen LogP contribution in [0.25, 0.3) is 0 Å². The van der Waals surface area contributed by atoms with Gasteiger partial charge in [0.05, 0.1) is 22.7 Å². The molecule has 0 spiro atoms. The third kappa shape index (κ3) is 1.92. The van der Waals surface area contributed by atoms with Crippen molar-refractivity contribution in [2.24, 2.45) is 0 Å². The minimum atomic E-state index is 0.629. The Hall–Kier alpha value is -0.580. The molecule has 0 atom stereocenters. The minimum absolute atomic E-state index is 0.629. The topological polar surface area (TPSA) is 28.3 Å². The molecular weight excluding hydrogens is 220 g/mol. The van der Waals surface area contributed by atoms with Crippen LogP contribution in [-0.4, -0.2) is 31.3 Å². The summed E-state index contributed by atoms with van der Waals surface area (Å²) in [4.78, 5) is 5.27. The van der Waals surface area contributed by atoms with Crippen LogP contribution >= 0.6 is 23.8 Å². The van der Waals surface area contributed by atoms with Crippen LogP contribution in [0.15, 0.2) is 12.3 Å². The summed E-state index contributed by atoms with van der Waals surface area (Å²) in [5, 5.41) is 0.629. The second kappa shape index (κ2) is 4.29. The van der Waals surface area contributed by atoms with E-state index in [1.54, 1.807) is 6.07 Å². The summed E-state index contributed by atoms with van der Waals surface area (Å²) in [5.74, 6) is 0.905. The van der Waals surface area contributed by atoms with E-state index in [4.69, 9.17) is 28.6 Å². The van der Waals surface area contributed by atoms with Crippen LogP contribution in [0.5, 0.6) is 0 Å². The Bertz CT molecular complexity index is 373. The Balaban J connectivity index is 2.30. The number of anilines is 1. The van der Waals surface area contributed by atoms with Crippen LogP contribution in [-0.2, 0) is 4.74 Å². The van der Waals surface area contributed by atoms with E-state index in [9.17, 15) is 0 Å². The third-order valence-electron chi connectivity index (χ3n) is 2.21. The summed E-state index contributed by atoms with van der Waals surface area (Å²) in [7, 11) is 0. The number of hydrogen-bond acceptors (Lipinski definition) is 3. The van der Waals surface area contributed by atoms with Gasteiger partial charge in [0.1, 0.15) is 5.82 Å². The van der Waals surface area contributed by atoms with Crippen molar-refractivity contribution < 1.29 is 4.74 Å². The fourth-order valence-corrected chi connectivity index (χ4v) is 1.87. The summed E-state index contributed by atoms with van der Waals surface area (Å²) < 4.78 is 5.95. The zero-order valence-corrected chi connectivity index (χ0v) is 9.20. The first kappa shape index (κ1) is 9.96. The van der Waals surface area contributed by atoms with Crippen molar-refractivity contribution in [3.05, 3.63) is 21.8 Å². The van der Waals surface area contributed by atoms with Gasteiger partial charge in [-0.1, -0.05) is 23.8 Å². The lowest BCUT2D eigenvalue weighted by Crippen LogP contribution is -2.36. The minimum Gasteiger partial charge on any atom is -0.378 e. The molecule has 1 aliphatic heterocycles. The predicted molar refractivity (Wildman–Crippen MR) is 59.7 cm³/mol. The average Bonchev–Trinajstić information content (AvgIpc) is 2.23. The van der Waals surface area contributed by atoms with Crippen LogP contribution in [0, 0.1) is 4.51 Å². The molecule has 1 aromatic heterocycles. The number of aromatic nitrogens is 1. The first-order valence-electron chi connectivity index (χ1n) is 4.49. The van der Waals surface area contributed by atoms with Gasteiger partial charge in [-0.25, -0.2) is 0 Å². The lowest BCUT2D eigenvalue weighted by molar-refractivity contribution is 0.122. The van der Waals surface area contributed by atoms with Gasteiger partial charge in [0.2, 0.25) is 0 Å². The highest BCUT2D eigenvalue weighted by Crippen LogP contribution is 2.24. The van der Waals surface area contributed by atoms with Crippen molar-refractivity contribution in [2.75, 3.05) is 31.2 Å². The van der Waals surface area contributed by atoms with Crippen molar-refractivity contribution in [3.63, 3.8) is 0 Å². The maximum atomic E-state index is 6.11. The van der Waals surface area contributed by atoms with E-state index < -0.39 is 0 Å². The number of nitrogens with zero attached hydrogens (tertiary/aromatic N) is 1. The molecular formula is C9H11ClN2OS. The van der Waals surface area contributed by atoms with E-state index in [0.717, 1.165) is 32.1 Å². The van der Waals surface area contributed by atoms with E-state index in [-0.39, 0.29) is 0 Å². The highest BCUT2D eigenvalue weighted by atomic mass is 35.5. The first-order chi connectivity index (χ1) is 6.79. The summed E-state index contributed by atoms with van der Waals surface area (Å²) >= 11 is 11.2. The fourth-order valence-electron chi connectivity index (χ4n) is 1.47. The summed E-state index contributed by atoms with van der Waals surface area (Å²) in [6.07, 6.45) is 1.82. The molecule has 0 amide bonds. The van der Waals surface area contributed by atoms with Gasteiger partial charge >= 0.3 is 0 Å². The smallest absolute Gasteiger partial charge is 0.126 e. The molecule has 0 aliphatic carbocycles. The van der Waals surface area contributed by atoms with Crippen molar-refractivity contribution in [1.29, 1.82) is 0 Å². The molecule has 1 N–H and O–H groups in total. The van der Waals surface area contributed by atoms with Gasteiger partial charge in [-0.15, -0.1) is 0 Å². The van der Waals surface area contributed by atoms with Crippen molar-refractivity contribution in [3.8, 4) is 0 Å². The van der Waals surface area contributed by atoms with Gasteiger partial charge in [0, 0.05) is 19.3 Å². The largest absolute Gasteiger partial charge is 0.378 e. The van der Waals surface area contributed by atoms with E-state index in [2.05, 4.69) is 9.88 Å². The van der Waals surface area contributed by atoms with Gasteiger partial charge < -0.3 is 14.6 Å². The molecule has 0 aromatic carbocycles. The maximum absolute atomic E-state index is 6.11. The molecule has 5 heteroatoms. The Labute approximate surface area is 92.6 Å². The maximum Gasteiger partial charge on any atom is 0.126 e. The number of H-pyrrole nitrogens is 1. The number of nitrogens with one attached hydrogen (secondary N) is 1. The van der Waals surface area contributed by atoms with Crippen LogP contribution in [0.1, 0.15) is 0 Å². The van der Waals surface area contributed by atoms with Crippen LogP contribution in [0.2, 0.25) is 5.02 Å². The number of aromatic amines is 1. The Morgan fingerprint density at radius 2 is 2.14 bits per heavy atom. The monoisotopic (exact) mass is 230 g/mol. The van der Waals surface area contributed by atoms with Gasteiger partial charge in [-0.2, -0.15) is 0 Å². The van der Waals surface area contributed by atoms with Gasteiger partial charge in [0.15, 0.2) is 0 Å². The summed E-state index contributed by atoms with van der Waals surface area (Å²) in [6.45, 7) is 3.20. The van der Waals surface area contributed by atoms with Crippen molar-refractivity contribution in [2.45, 2.75) is 0 Å². The first-order valence-corrected chi connectivity index (χ1v) is 5.27. The lowest BCUT2D eigenvalue weighted by atomic mass is 10.4. The van der Waals surface area contributed by atoms with Gasteiger partial charge in [-0.3, -0.25) is 0 Å². The molecule has 0 radical (unpaired) electrons. The van der Waals surface area contributed by atoms with Crippen LogP contribution in [0.4, 0.5) is 5.82 Å². The SMILES string of the molecule is S=c1cc[nH]c(N2CCOCC2)c1Cl. The molecule has 0 bridgehead atoms. The Kier molecular flexibility index (Phi) is 3.05. The van der Waals surface area contributed by atoms with Crippen LogP contribution in [0.3, 0.4) is 0 Å². The highest BCUT2D eigenvalue weighted by molar-refractivity contribution is 7.71.